The number of amides is 3. The van der Waals surface area contributed by atoms with Crippen LogP contribution in [-0.2, 0) is 14.4 Å². The Hall–Kier alpha value is -1.48. The third-order valence-electron chi connectivity index (χ3n) is 2.27. The highest BCUT2D eigenvalue weighted by Gasteiger charge is 2.24. The zero-order chi connectivity index (χ0) is 14.4. The molecule has 0 fully saturated rings. The fourth-order valence-corrected chi connectivity index (χ4v) is 1.73. The third-order valence-corrected chi connectivity index (χ3v) is 2.99. The molecule has 0 heterocycles. The SMILES string of the molecule is CC(=O)N(CCN)C(=O)C(=O)Nc1ccc(I)cc1. The molecule has 1 aromatic carbocycles. The van der Waals surface area contributed by atoms with Crippen LogP contribution in [0.15, 0.2) is 24.3 Å². The van der Waals surface area contributed by atoms with Crippen molar-refractivity contribution in [1.29, 1.82) is 0 Å². The van der Waals surface area contributed by atoms with Gasteiger partial charge in [-0.15, -0.1) is 0 Å². The van der Waals surface area contributed by atoms with Gasteiger partial charge >= 0.3 is 11.8 Å². The Labute approximate surface area is 124 Å². The average molecular weight is 375 g/mol. The van der Waals surface area contributed by atoms with Crippen LogP contribution >= 0.6 is 22.6 Å². The molecule has 0 bridgehead atoms. The summed E-state index contributed by atoms with van der Waals surface area (Å²) in [6.07, 6.45) is 0. The second-order valence-electron chi connectivity index (χ2n) is 3.73. The van der Waals surface area contributed by atoms with Gasteiger partial charge in [-0.1, -0.05) is 0 Å². The summed E-state index contributed by atoms with van der Waals surface area (Å²) >= 11 is 2.13. The Morgan fingerprint density at radius 2 is 1.84 bits per heavy atom. The predicted octanol–water partition coefficient (Wildman–Crippen LogP) is 0.563. The first kappa shape index (κ1) is 15.6. The molecule has 1 rings (SSSR count). The van der Waals surface area contributed by atoms with E-state index in [-0.39, 0.29) is 13.1 Å². The maximum atomic E-state index is 11.8. The minimum Gasteiger partial charge on any atom is -0.329 e. The number of rotatable bonds is 3. The van der Waals surface area contributed by atoms with Crippen molar-refractivity contribution in [2.24, 2.45) is 5.73 Å². The van der Waals surface area contributed by atoms with Crippen LogP contribution in [0, 0.1) is 3.57 Å². The van der Waals surface area contributed by atoms with Crippen molar-refractivity contribution in [2.75, 3.05) is 18.4 Å². The van der Waals surface area contributed by atoms with Gasteiger partial charge in [0.25, 0.3) is 0 Å². The van der Waals surface area contributed by atoms with Gasteiger partial charge in [-0.2, -0.15) is 0 Å². The maximum absolute atomic E-state index is 11.8. The quantitative estimate of drug-likeness (QED) is 0.597. The summed E-state index contributed by atoms with van der Waals surface area (Å²) in [6, 6.07) is 6.94. The lowest BCUT2D eigenvalue weighted by atomic mass is 10.3. The molecule has 0 aliphatic heterocycles. The van der Waals surface area contributed by atoms with E-state index in [1.165, 1.54) is 6.92 Å². The minimum absolute atomic E-state index is 0.0221. The van der Waals surface area contributed by atoms with Crippen molar-refractivity contribution in [3.8, 4) is 0 Å². The Morgan fingerprint density at radius 3 is 2.32 bits per heavy atom. The molecule has 0 saturated carbocycles. The molecule has 19 heavy (non-hydrogen) atoms. The smallest absolute Gasteiger partial charge is 0.318 e. The first-order chi connectivity index (χ1) is 8.95. The van der Waals surface area contributed by atoms with E-state index in [0.717, 1.165) is 8.47 Å². The fraction of sp³-hybridized carbons (Fsp3) is 0.250. The van der Waals surface area contributed by atoms with Gasteiger partial charge in [0.2, 0.25) is 5.91 Å². The number of anilines is 1. The second-order valence-corrected chi connectivity index (χ2v) is 4.97. The molecule has 3 N–H and O–H groups in total. The van der Waals surface area contributed by atoms with Crippen LogP contribution in [0.5, 0.6) is 0 Å². The van der Waals surface area contributed by atoms with E-state index in [0.29, 0.717) is 5.69 Å². The summed E-state index contributed by atoms with van der Waals surface area (Å²) in [5, 5.41) is 2.44. The van der Waals surface area contributed by atoms with Crippen LogP contribution in [0.3, 0.4) is 0 Å². The Bertz CT molecular complexity index is 487. The summed E-state index contributed by atoms with van der Waals surface area (Å²) in [5.41, 5.74) is 5.79. The number of nitrogens with two attached hydrogens (primary N) is 1. The van der Waals surface area contributed by atoms with E-state index in [1.807, 2.05) is 0 Å². The summed E-state index contributed by atoms with van der Waals surface area (Å²) in [5.74, 6) is -2.27. The number of carbonyl (C=O) groups is 3. The molecule has 102 valence electrons. The van der Waals surface area contributed by atoms with Gasteiger partial charge in [-0.05, 0) is 46.9 Å². The Balaban J connectivity index is 2.73. The number of hydrogen-bond acceptors (Lipinski definition) is 4. The van der Waals surface area contributed by atoms with Crippen LogP contribution in [0.2, 0.25) is 0 Å². The van der Waals surface area contributed by atoms with Crippen molar-refractivity contribution in [3.05, 3.63) is 27.8 Å². The zero-order valence-electron chi connectivity index (χ0n) is 10.4. The second kappa shape index (κ2) is 7.19. The summed E-state index contributed by atoms with van der Waals surface area (Å²) in [6.45, 7) is 1.35. The molecule has 0 aromatic heterocycles. The highest BCUT2D eigenvalue weighted by molar-refractivity contribution is 14.1. The van der Waals surface area contributed by atoms with Crippen LogP contribution in [0.4, 0.5) is 5.69 Å². The molecule has 7 heteroatoms. The molecular formula is C12H14IN3O3. The first-order valence-electron chi connectivity index (χ1n) is 5.54. The van der Waals surface area contributed by atoms with Crippen molar-refractivity contribution in [2.45, 2.75) is 6.92 Å². The zero-order valence-corrected chi connectivity index (χ0v) is 12.5. The lowest BCUT2D eigenvalue weighted by Gasteiger charge is -2.17. The number of nitrogens with one attached hydrogen (secondary N) is 1. The van der Waals surface area contributed by atoms with Crippen LogP contribution < -0.4 is 11.1 Å². The van der Waals surface area contributed by atoms with Gasteiger partial charge in [0.1, 0.15) is 0 Å². The van der Waals surface area contributed by atoms with Crippen LogP contribution in [0.25, 0.3) is 0 Å². The van der Waals surface area contributed by atoms with Crippen LogP contribution in [0.1, 0.15) is 6.92 Å². The van der Waals surface area contributed by atoms with Crippen molar-refractivity contribution in [1.82, 2.24) is 4.90 Å². The number of benzene rings is 1. The van der Waals surface area contributed by atoms with Gasteiger partial charge in [-0.25, -0.2) is 0 Å². The summed E-state index contributed by atoms with van der Waals surface area (Å²) in [4.78, 5) is 35.6. The first-order valence-corrected chi connectivity index (χ1v) is 6.62. The molecule has 1 aromatic rings. The Kier molecular flexibility index (Phi) is 5.90. The number of carbonyl (C=O) groups excluding carboxylic acids is 3. The normalized spacial score (nSPS) is 9.84. The van der Waals surface area contributed by atoms with Gasteiger partial charge in [0, 0.05) is 29.3 Å². The molecule has 0 aliphatic carbocycles. The van der Waals surface area contributed by atoms with Gasteiger partial charge in [0.15, 0.2) is 0 Å². The molecule has 0 unspecified atom stereocenters. The van der Waals surface area contributed by atoms with Gasteiger partial charge in [0.05, 0.1) is 0 Å². The van der Waals surface area contributed by atoms with E-state index in [1.54, 1.807) is 24.3 Å². The van der Waals surface area contributed by atoms with E-state index in [9.17, 15) is 14.4 Å². The molecule has 0 saturated heterocycles. The predicted molar refractivity (Wildman–Crippen MR) is 79.2 cm³/mol. The lowest BCUT2D eigenvalue weighted by molar-refractivity contribution is -0.149. The van der Waals surface area contributed by atoms with Crippen molar-refractivity contribution in [3.63, 3.8) is 0 Å². The highest BCUT2D eigenvalue weighted by Crippen LogP contribution is 2.11. The van der Waals surface area contributed by atoms with E-state index < -0.39 is 17.7 Å². The number of imide groups is 1. The number of halogens is 1. The monoisotopic (exact) mass is 375 g/mol. The minimum atomic E-state index is -0.906. The number of hydrogen-bond donors (Lipinski definition) is 2. The average Bonchev–Trinajstić information content (AvgIpc) is 2.37. The van der Waals surface area contributed by atoms with Crippen molar-refractivity contribution >= 4 is 46.0 Å². The lowest BCUT2D eigenvalue weighted by Crippen LogP contribution is -2.44. The summed E-state index contributed by atoms with van der Waals surface area (Å²) < 4.78 is 1.01. The molecule has 0 radical (unpaired) electrons. The fourth-order valence-electron chi connectivity index (χ4n) is 1.37. The van der Waals surface area contributed by atoms with E-state index in [2.05, 4.69) is 27.9 Å². The standard InChI is InChI=1S/C12H14IN3O3/c1-8(17)16(7-6-14)12(19)11(18)15-10-4-2-9(13)3-5-10/h2-5H,6-7,14H2,1H3,(H,15,18). The molecule has 0 spiro atoms. The van der Waals surface area contributed by atoms with E-state index in [4.69, 9.17) is 5.73 Å². The molecule has 0 atom stereocenters. The Morgan fingerprint density at radius 1 is 1.26 bits per heavy atom. The molecule has 6 nitrogen and oxygen atoms in total. The van der Waals surface area contributed by atoms with Gasteiger partial charge < -0.3 is 11.1 Å². The molecule has 3 amide bonds. The largest absolute Gasteiger partial charge is 0.329 e. The highest BCUT2D eigenvalue weighted by atomic mass is 127. The third kappa shape index (κ3) is 4.60. The van der Waals surface area contributed by atoms with E-state index >= 15 is 0 Å². The number of nitrogens with zero attached hydrogens (tertiary/aromatic N) is 1. The molecule has 0 aliphatic rings. The topological polar surface area (TPSA) is 92.5 Å². The van der Waals surface area contributed by atoms with Gasteiger partial charge in [-0.3, -0.25) is 19.3 Å². The molecular weight excluding hydrogens is 361 g/mol. The maximum Gasteiger partial charge on any atom is 0.318 e. The van der Waals surface area contributed by atoms with Crippen molar-refractivity contribution < 1.29 is 14.4 Å². The summed E-state index contributed by atoms with van der Waals surface area (Å²) in [7, 11) is 0. The van der Waals surface area contributed by atoms with Crippen LogP contribution in [-0.4, -0.2) is 35.7 Å².